The van der Waals surface area contributed by atoms with Gasteiger partial charge in [0.15, 0.2) is 0 Å². The first kappa shape index (κ1) is 14.1. The first-order chi connectivity index (χ1) is 10.3. The fraction of sp³-hybridized carbons (Fsp3) is 0.353. The number of rotatable bonds is 3. The fourth-order valence-corrected chi connectivity index (χ4v) is 3.59. The molecule has 0 bridgehead atoms. The highest BCUT2D eigenvalue weighted by molar-refractivity contribution is 7.12. The lowest BCUT2D eigenvalue weighted by atomic mass is 9.95. The first-order valence-corrected chi connectivity index (χ1v) is 8.16. The Bertz CT molecular complexity index is 609. The quantitative estimate of drug-likeness (QED) is 0.853. The molecule has 2 heterocycles. The molecule has 0 unspecified atom stereocenters. The molecule has 1 aromatic heterocycles. The predicted molar refractivity (Wildman–Crippen MR) is 84.9 cm³/mol. The predicted octanol–water partition coefficient (Wildman–Crippen LogP) is 4.12. The maximum absolute atomic E-state index is 12.7. The lowest BCUT2D eigenvalue weighted by Gasteiger charge is -2.36. The zero-order chi connectivity index (χ0) is 14.7. The van der Waals surface area contributed by atoms with Crippen molar-refractivity contribution in [1.29, 1.82) is 0 Å². The van der Waals surface area contributed by atoms with Gasteiger partial charge in [0.2, 0.25) is 0 Å². The zero-order valence-corrected chi connectivity index (χ0v) is 12.9. The van der Waals surface area contributed by atoms with Crippen molar-refractivity contribution in [3.63, 3.8) is 0 Å². The van der Waals surface area contributed by atoms with E-state index in [-0.39, 0.29) is 11.9 Å². The van der Waals surface area contributed by atoms with E-state index in [0.29, 0.717) is 0 Å². The van der Waals surface area contributed by atoms with Gasteiger partial charge in [0, 0.05) is 6.54 Å². The molecule has 3 nitrogen and oxygen atoms in total. The van der Waals surface area contributed by atoms with Gasteiger partial charge >= 0.3 is 0 Å². The Hall–Kier alpha value is -1.81. The molecule has 0 aliphatic carbocycles. The summed E-state index contributed by atoms with van der Waals surface area (Å²) in [6.07, 6.45) is 3.26. The normalized spacial score (nSPS) is 18.5. The van der Waals surface area contributed by atoms with Crippen molar-refractivity contribution in [2.24, 2.45) is 0 Å². The number of hydrogen-bond donors (Lipinski definition) is 0. The van der Waals surface area contributed by atoms with Gasteiger partial charge in [-0.15, -0.1) is 11.3 Å². The molecular weight excluding hydrogens is 282 g/mol. The van der Waals surface area contributed by atoms with E-state index in [1.165, 1.54) is 16.9 Å². The summed E-state index contributed by atoms with van der Waals surface area (Å²) in [6, 6.07) is 12.1. The minimum absolute atomic E-state index is 0.150. The molecule has 0 N–H and O–H groups in total. The zero-order valence-electron chi connectivity index (χ0n) is 12.1. The van der Waals surface area contributed by atoms with Gasteiger partial charge in [-0.05, 0) is 48.4 Å². The van der Waals surface area contributed by atoms with Crippen LogP contribution in [0.15, 0.2) is 41.8 Å². The van der Waals surface area contributed by atoms with Crippen molar-refractivity contribution in [3.8, 4) is 5.75 Å². The molecule has 1 aromatic carbocycles. The van der Waals surface area contributed by atoms with Crippen molar-refractivity contribution < 1.29 is 9.53 Å². The maximum Gasteiger partial charge on any atom is 0.264 e. The Morgan fingerprint density at radius 1 is 1.29 bits per heavy atom. The number of carbonyl (C=O) groups is 1. The molecule has 1 atom stereocenters. The fourth-order valence-electron chi connectivity index (χ4n) is 2.91. The number of amides is 1. The van der Waals surface area contributed by atoms with Gasteiger partial charge in [0.05, 0.1) is 18.0 Å². The van der Waals surface area contributed by atoms with Crippen LogP contribution in [0.4, 0.5) is 0 Å². The summed E-state index contributed by atoms with van der Waals surface area (Å²) < 4.78 is 5.31. The highest BCUT2D eigenvalue weighted by atomic mass is 32.1. The van der Waals surface area contributed by atoms with Crippen LogP contribution in [0.1, 0.15) is 40.5 Å². The second kappa shape index (κ2) is 6.31. The summed E-state index contributed by atoms with van der Waals surface area (Å²) in [5.41, 5.74) is 1.17. The van der Waals surface area contributed by atoms with E-state index in [0.717, 1.165) is 36.4 Å². The van der Waals surface area contributed by atoms with Crippen molar-refractivity contribution in [2.75, 3.05) is 13.7 Å². The SMILES string of the molecule is COc1cccc([C@H]2CCCCN2C(=O)c2cccs2)c1. The molecule has 1 aliphatic rings. The lowest BCUT2D eigenvalue weighted by Crippen LogP contribution is -2.38. The van der Waals surface area contributed by atoms with E-state index >= 15 is 0 Å². The highest BCUT2D eigenvalue weighted by Gasteiger charge is 2.29. The van der Waals surface area contributed by atoms with Crippen molar-refractivity contribution >= 4 is 17.2 Å². The van der Waals surface area contributed by atoms with E-state index in [1.807, 2.05) is 40.6 Å². The number of methoxy groups -OCH3 is 1. The summed E-state index contributed by atoms with van der Waals surface area (Å²) in [4.78, 5) is 15.5. The van der Waals surface area contributed by atoms with Crippen LogP contribution in [-0.4, -0.2) is 24.5 Å². The van der Waals surface area contributed by atoms with Crippen molar-refractivity contribution in [3.05, 3.63) is 52.2 Å². The van der Waals surface area contributed by atoms with Crippen LogP contribution in [0.5, 0.6) is 5.75 Å². The number of nitrogens with zero attached hydrogens (tertiary/aromatic N) is 1. The van der Waals surface area contributed by atoms with Gasteiger partial charge in [0.25, 0.3) is 5.91 Å². The lowest BCUT2D eigenvalue weighted by molar-refractivity contribution is 0.0616. The van der Waals surface area contributed by atoms with Gasteiger partial charge < -0.3 is 9.64 Å². The van der Waals surface area contributed by atoms with Crippen LogP contribution in [0.25, 0.3) is 0 Å². The highest BCUT2D eigenvalue weighted by Crippen LogP contribution is 2.34. The molecule has 1 fully saturated rings. The Balaban J connectivity index is 1.89. The van der Waals surface area contributed by atoms with Gasteiger partial charge in [-0.3, -0.25) is 4.79 Å². The van der Waals surface area contributed by atoms with Crippen molar-refractivity contribution in [2.45, 2.75) is 25.3 Å². The molecular formula is C17H19NO2S. The largest absolute Gasteiger partial charge is 0.497 e. The summed E-state index contributed by atoms with van der Waals surface area (Å²) in [6.45, 7) is 0.832. The van der Waals surface area contributed by atoms with Crippen LogP contribution < -0.4 is 4.74 Å². The third-order valence-corrected chi connectivity index (χ3v) is 4.83. The number of likely N-dealkylation sites (tertiary alicyclic amines) is 1. The molecule has 3 rings (SSSR count). The number of piperidine rings is 1. The molecule has 0 spiro atoms. The van der Waals surface area contributed by atoms with Gasteiger partial charge in [0.1, 0.15) is 5.75 Å². The average Bonchev–Trinajstić information content (AvgIpc) is 3.09. The van der Waals surface area contributed by atoms with Crippen LogP contribution >= 0.6 is 11.3 Å². The summed E-state index contributed by atoms with van der Waals surface area (Å²) in [7, 11) is 1.68. The first-order valence-electron chi connectivity index (χ1n) is 7.28. The minimum atomic E-state index is 0.150. The summed E-state index contributed by atoms with van der Waals surface area (Å²) in [5, 5.41) is 1.96. The van der Waals surface area contributed by atoms with Gasteiger partial charge in [-0.1, -0.05) is 18.2 Å². The number of carbonyl (C=O) groups excluding carboxylic acids is 1. The topological polar surface area (TPSA) is 29.5 Å². The van der Waals surface area contributed by atoms with Crippen LogP contribution in [-0.2, 0) is 0 Å². The van der Waals surface area contributed by atoms with Crippen LogP contribution in [0.3, 0.4) is 0 Å². The summed E-state index contributed by atoms with van der Waals surface area (Å²) in [5.74, 6) is 0.999. The van der Waals surface area contributed by atoms with E-state index < -0.39 is 0 Å². The average molecular weight is 301 g/mol. The standard InChI is InChI=1S/C17H19NO2S/c1-20-14-7-4-6-13(12-14)15-8-2-3-10-18(15)17(19)16-9-5-11-21-16/h4-7,9,11-12,15H,2-3,8,10H2,1H3/t15-/m1/s1. The smallest absolute Gasteiger partial charge is 0.264 e. The monoisotopic (exact) mass is 301 g/mol. The second-order valence-corrected chi connectivity index (χ2v) is 6.21. The van der Waals surface area contributed by atoms with E-state index in [4.69, 9.17) is 4.74 Å². The Labute approximate surface area is 129 Å². The van der Waals surface area contributed by atoms with Crippen molar-refractivity contribution in [1.82, 2.24) is 4.90 Å². The Morgan fingerprint density at radius 2 is 2.19 bits per heavy atom. The molecule has 4 heteroatoms. The third kappa shape index (κ3) is 2.95. The number of benzene rings is 1. The minimum Gasteiger partial charge on any atom is -0.497 e. The molecule has 1 aliphatic heterocycles. The van der Waals surface area contributed by atoms with E-state index in [2.05, 4.69) is 6.07 Å². The molecule has 0 radical (unpaired) electrons. The van der Waals surface area contributed by atoms with Crippen LogP contribution in [0, 0.1) is 0 Å². The molecule has 21 heavy (non-hydrogen) atoms. The number of thiophene rings is 1. The maximum atomic E-state index is 12.7. The Morgan fingerprint density at radius 3 is 2.95 bits per heavy atom. The number of hydrogen-bond acceptors (Lipinski definition) is 3. The Kier molecular flexibility index (Phi) is 4.25. The molecule has 110 valence electrons. The van der Waals surface area contributed by atoms with Crippen LogP contribution in [0.2, 0.25) is 0 Å². The molecule has 1 saturated heterocycles. The second-order valence-electron chi connectivity index (χ2n) is 5.26. The molecule has 2 aromatic rings. The van der Waals surface area contributed by atoms with Gasteiger partial charge in [-0.25, -0.2) is 0 Å². The molecule has 0 saturated carbocycles. The van der Waals surface area contributed by atoms with Gasteiger partial charge in [-0.2, -0.15) is 0 Å². The third-order valence-electron chi connectivity index (χ3n) is 3.97. The van der Waals surface area contributed by atoms with E-state index in [1.54, 1.807) is 7.11 Å². The van der Waals surface area contributed by atoms with E-state index in [9.17, 15) is 4.79 Å². The summed E-state index contributed by atoms with van der Waals surface area (Å²) >= 11 is 1.51. The molecule has 1 amide bonds. The number of ether oxygens (including phenoxy) is 1.